The fourth-order valence-corrected chi connectivity index (χ4v) is 21.1. The van der Waals surface area contributed by atoms with Crippen LogP contribution in [0.25, 0.3) is 0 Å². The van der Waals surface area contributed by atoms with E-state index < -0.39 is 56.8 Å². The molecule has 6 fully saturated rings. The van der Waals surface area contributed by atoms with Crippen LogP contribution in [0.5, 0.6) is 34.5 Å². The number of phenolic OH excluding ortho intramolecular Hbond substituents is 3. The standard InChI is InChI=1S/C40H43N3O6.C25H25NO4.CH4.H2S/c44-25-7-5-21-13-27-39(46)15-23-24-16-40(47)28-14-22-6-8-26(45)34-30(22)38(40,10-12-43(28)18-20-3-4-20)36(49-34)32(24)41-31(23)35-37(39,29(21)33(25)48-35)9-11-42(27)17-19-1-2-19;1-26-9-8-24-19-14-6-7-17(27)20(19)30-22(24)21(28)23(13-25(24,29)18(26)10-14)11-15-4-2-3-5-16(15)12-23;;/h5-8,19-20,27-28,35-36,41,44-47H,1-4,9-18H2;2-7,18,22,27,29H,8-13H2,1H3;1H4;1H2/t27-,28-,35+,36?,37+,38+,39-,40-;18-,22?,24+,25-;;/m11../s1. The Balaban J connectivity index is 0.000000141. The zero-order valence-corrected chi connectivity index (χ0v) is 46.2. The minimum absolute atomic E-state index is 0. The Morgan fingerprint density at radius 3 is 1.42 bits per heavy atom. The van der Waals surface area contributed by atoms with E-state index in [1.54, 1.807) is 18.2 Å². The van der Waals surface area contributed by atoms with Crippen LogP contribution in [0.1, 0.15) is 138 Å². The van der Waals surface area contributed by atoms with Crippen LogP contribution < -0.4 is 14.2 Å². The number of hydrogen-bond acceptors (Lipinski definition) is 13. The molecular formula is C66H74N4O10S. The molecule has 1 aromatic heterocycles. The Hall–Kier alpha value is -5.26. The number of piperidine rings is 3. The molecule has 5 aromatic rings. The van der Waals surface area contributed by atoms with Crippen molar-refractivity contribution in [3.63, 3.8) is 0 Å². The number of hydrogen-bond donors (Lipinski definition) is 7. The molecule has 6 bridgehead atoms. The van der Waals surface area contributed by atoms with E-state index in [4.69, 9.17) is 14.2 Å². The highest BCUT2D eigenvalue weighted by Crippen LogP contribution is 2.74. The number of phenols is 3. The van der Waals surface area contributed by atoms with Gasteiger partial charge in [-0.25, -0.2) is 0 Å². The maximum atomic E-state index is 14.1. The van der Waals surface area contributed by atoms with E-state index >= 15 is 0 Å². The number of H-pyrrole nitrogens is 1. The van der Waals surface area contributed by atoms with Crippen LogP contribution in [-0.2, 0) is 66.0 Å². The number of ether oxygens (including phenoxy) is 3. The second-order valence-corrected chi connectivity index (χ2v) is 28.0. The summed E-state index contributed by atoms with van der Waals surface area (Å²) in [6.45, 7) is 4.65. The van der Waals surface area contributed by atoms with Crippen LogP contribution in [-0.4, -0.2) is 137 Å². The summed E-state index contributed by atoms with van der Waals surface area (Å²) in [6, 6.07) is 19.4. The summed E-state index contributed by atoms with van der Waals surface area (Å²) in [4.78, 5) is 25.5. The minimum atomic E-state index is -1.09. The highest BCUT2D eigenvalue weighted by Gasteiger charge is 2.79. The number of aromatic nitrogens is 1. The van der Waals surface area contributed by atoms with Crippen molar-refractivity contribution in [1.29, 1.82) is 0 Å². The molecule has 12 atom stereocenters. The predicted octanol–water partition coefficient (Wildman–Crippen LogP) is 6.71. The first-order chi connectivity index (χ1) is 38.1. The molecule has 7 heterocycles. The number of rotatable bonds is 4. The molecule has 3 saturated carbocycles. The zero-order chi connectivity index (χ0) is 52.9. The van der Waals surface area contributed by atoms with Crippen molar-refractivity contribution in [2.75, 3.05) is 39.8 Å². The average Bonchev–Trinajstić information content (AvgIpc) is 1.79. The van der Waals surface area contributed by atoms with Gasteiger partial charge in [0.15, 0.2) is 58.6 Å². The topological polar surface area (TPSA) is 192 Å². The molecule has 20 rings (SSSR count). The number of carbonyl (C=O) groups is 1. The highest BCUT2D eigenvalue weighted by molar-refractivity contribution is 7.59. The van der Waals surface area contributed by atoms with Gasteiger partial charge in [0, 0.05) is 66.2 Å². The summed E-state index contributed by atoms with van der Waals surface area (Å²) >= 11 is 0. The van der Waals surface area contributed by atoms with Gasteiger partial charge in [-0.1, -0.05) is 49.9 Å². The van der Waals surface area contributed by atoms with Crippen LogP contribution in [0.4, 0.5) is 0 Å². The smallest absolute Gasteiger partial charge is 0.181 e. The van der Waals surface area contributed by atoms with E-state index in [9.17, 15) is 35.4 Å². The second-order valence-electron chi connectivity index (χ2n) is 28.0. The highest BCUT2D eigenvalue weighted by atomic mass is 32.1. The van der Waals surface area contributed by atoms with Gasteiger partial charge in [-0.2, -0.15) is 13.5 Å². The first kappa shape index (κ1) is 50.3. The molecule has 3 saturated heterocycles. The lowest BCUT2D eigenvalue weighted by Crippen LogP contribution is -2.79. The van der Waals surface area contributed by atoms with Crippen molar-refractivity contribution >= 4 is 19.3 Å². The van der Waals surface area contributed by atoms with Gasteiger partial charge in [0.05, 0.1) is 44.4 Å². The van der Waals surface area contributed by atoms with Gasteiger partial charge in [0.1, 0.15) is 0 Å². The number of nitrogens with zero attached hydrogens (tertiary/aromatic N) is 3. The summed E-state index contributed by atoms with van der Waals surface area (Å²) in [5, 5.41) is 72.6. The van der Waals surface area contributed by atoms with Crippen LogP contribution in [0.15, 0.2) is 60.7 Å². The number of fused-ring (bicyclic) bond motifs is 6. The summed E-state index contributed by atoms with van der Waals surface area (Å²) < 4.78 is 20.2. The Kier molecular flexibility index (Phi) is 9.76. The lowest BCUT2D eigenvalue weighted by molar-refractivity contribution is -0.206. The number of likely N-dealkylation sites (N-methyl/N-ethyl adjacent to an activating group) is 1. The van der Waals surface area contributed by atoms with Gasteiger partial charge < -0.3 is 54.7 Å². The van der Waals surface area contributed by atoms with Crippen molar-refractivity contribution in [1.82, 2.24) is 19.7 Å². The number of aromatic amines is 1. The van der Waals surface area contributed by atoms with E-state index in [2.05, 4.69) is 51.0 Å². The number of ketones is 1. The summed E-state index contributed by atoms with van der Waals surface area (Å²) in [5.41, 5.74) is 6.88. The van der Waals surface area contributed by atoms with Crippen molar-refractivity contribution < 1.29 is 49.6 Å². The second kappa shape index (κ2) is 15.7. The van der Waals surface area contributed by atoms with E-state index in [1.807, 2.05) is 18.2 Å². The van der Waals surface area contributed by atoms with Crippen molar-refractivity contribution in [3.8, 4) is 34.5 Å². The zero-order valence-electron chi connectivity index (χ0n) is 45.2. The number of nitrogens with one attached hydrogen (secondary N) is 1. The van der Waals surface area contributed by atoms with Crippen LogP contribution in [0.3, 0.4) is 0 Å². The first-order valence-corrected chi connectivity index (χ1v) is 29.9. The fraction of sp³-hybridized carbons (Fsp3) is 0.561. The molecule has 4 spiro atoms. The van der Waals surface area contributed by atoms with Gasteiger partial charge in [0.2, 0.25) is 0 Å². The van der Waals surface area contributed by atoms with Gasteiger partial charge in [-0.05, 0) is 179 Å². The van der Waals surface area contributed by atoms with Crippen molar-refractivity contribution in [2.24, 2.45) is 17.3 Å². The molecule has 4 aromatic carbocycles. The van der Waals surface area contributed by atoms with Crippen LogP contribution in [0.2, 0.25) is 0 Å². The number of Topliss-reactive ketones (excluding diaryl/α,β-unsaturated/α-hetero) is 1. The van der Waals surface area contributed by atoms with E-state index in [-0.39, 0.29) is 62.1 Å². The number of benzene rings is 4. The van der Waals surface area contributed by atoms with Gasteiger partial charge in [-0.3, -0.25) is 14.6 Å². The molecule has 424 valence electrons. The van der Waals surface area contributed by atoms with E-state index in [1.165, 1.54) is 47.9 Å². The first-order valence-electron chi connectivity index (χ1n) is 29.9. The Labute approximate surface area is 478 Å². The van der Waals surface area contributed by atoms with Gasteiger partial charge >= 0.3 is 0 Å². The summed E-state index contributed by atoms with van der Waals surface area (Å²) in [7, 11) is 2.08. The number of likely N-dealkylation sites (tertiary alicyclic amines) is 3. The summed E-state index contributed by atoms with van der Waals surface area (Å²) in [5.74, 6) is 3.39. The third-order valence-corrected chi connectivity index (χ3v) is 24.8. The monoisotopic (exact) mass is 1110 g/mol. The van der Waals surface area contributed by atoms with Crippen LogP contribution >= 0.6 is 13.5 Å². The number of aliphatic hydroxyl groups is 3. The molecule has 2 unspecified atom stereocenters. The summed E-state index contributed by atoms with van der Waals surface area (Å²) in [6.07, 6.45) is 10.5. The largest absolute Gasteiger partial charge is 0.504 e. The number of aromatic hydroxyl groups is 3. The Morgan fingerprint density at radius 2 is 0.963 bits per heavy atom. The average molecular weight is 1120 g/mol. The molecule has 15 aliphatic rings. The van der Waals surface area contributed by atoms with Crippen LogP contribution in [0, 0.1) is 17.3 Å². The molecule has 15 heteroatoms. The molecule has 14 nitrogen and oxygen atoms in total. The lowest BCUT2D eigenvalue weighted by Gasteiger charge is -2.64. The van der Waals surface area contributed by atoms with Crippen molar-refractivity contribution in [3.05, 3.63) is 128 Å². The molecule has 7 N–H and O–H groups in total. The maximum Gasteiger partial charge on any atom is 0.181 e. The minimum Gasteiger partial charge on any atom is -0.504 e. The predicted molar refractivity (Wildman–Crippen MR) is 304 cm³/mol. The molecular weight excluding hydrogens is 1040 g/mol. The molecule has 0 amide bonds. The van der Waals surface area contributed by atoms with Crippen molar-refractivity contribution in [2.45, 2.75) is 173 Å². The Morgan fingerprint density at radius 1 is 0.543 bits per heavy atom. The van der Waals surface area contributed by atoms with E-state index in [0.717, 1.165) is 103 Å². The van der Waals surface area contributed by atoms with E-state index in [0.29, 0.717) is 74.0 Å². The third kappa shape index (κ3) is 5.60. The van der Waals surface area contributed by atoms with Gasteiger partial charge in [0.25, 0.3) is 0 Å². The third-order valence-electron chi connectivity index (χ3n) is 24.8. The Bertz CT molecular complexity index is 3490. The lowest BCUT2D eigenvalue weighted by atomic mass is 9.44. The molecule has 6 aliphatic heterocycles. The fourth-order valence-electron chi connectivity index (χ4n) is 21.1. The maximum absolute atomic E-state index is 14.1. The normalized spacial score (nSPS) is 38.7. The molecule has 0 radical (unpaired) electrons. The molecule has 9 aliphatic carbocycles. The quantitative estimate of drug-likeness (QED) is 0.101. The number of carbonyl (C=O) groups excluding carboxylic acids is 1. The van der Waals surface area contributed by atoms with Gasteiger partial charge in [-0.15, -0.1) is 0 Å². The molecule has 81 heavy (non-hydrogen) atoms. The SMILES string of the molecule is C.CN1CC[C@]23c4c5ccc(O)c4OC2C(=O)C2(Cc4ccccc4C2)C[C@@]3(O)[C@H]1C5.Oc1ccc2c3c1OC1c4[nH]c5c(c4C[C@@]4(O)[C@@H](C2)N(CC2CC2)CC[C@]314)C[C@@]1(O)[C@H]2Cc3ccc(O)c4c3[C@@]1(CCN2CC1CC1)[C@H]5O4.S.